The molecule has 0 radical (unpaired) electrons. The van der Waals surface area contributed by atoms with Gasteiger partial charge in [0, 0.05) is 12.6 Å². The van der Waals surface area contributed by atoms with Crippen molar-refractivity contribution >= 4 is 45.2 Å². The minimum atomic E-state index is -0.491. The zero-order valence-corrected chi connectivity index (χ0v) is 10.9. The van der Waals surface area contributed by atoms with Crippen molar-refractivity contribution in [2.75, 3.05) is 5.32 Å². The maximum absolute atomic E-state index is 11.5. The van der Waals surface area contributed by atoms with Crippen molar-refractivity contribution in [1.82, 2.24) is 15.3 Å². The number of rotatable bonds is 2. The number of amides is 2. The lowest BCUT2D eigenvalue weighted by Crippen LogP contribution is -2.47. The van der Waals surface area contributed by atoms with Gasteiger partial charge in [-0.05, 0) is 34.0 Å². The average Bonchev–Trinajstić information content (AvgIpc) is 2.27. The van der Waals surface area contributed by atoms with E-state index in [0.717, 1.165) is 0 Å². The monoisotopic (exact) mass is 318 g/mol. The summed E-state index contributed by atoms with van der Waals surface area (Å²) in [6.45, 7) is 0. The minimum absolute atomic E-state index is 0.0861. The van der Waals surface area contributed by atoms with E-state index in [0.29, 0.717) is 23.1 Å². The minimum Gasteiger partial charge on any atom is -0.357 e. The van der Waals surface area contributed by atoms with Gasteiger partial charge in [0.1, 0.15) is 11.9 Å². The molecule has 0 aliphatic carbocycles. The zero-order chi connectivity index (χ0) is 12.4. The first-order chi connectivity index (χ1) is 8.06. The average molecular weight is 320 g/mol. The third kappa shape index (κ3) is 2.92. The van der Waals surface area contributed by atoms with Crippen LogP contribution in [0, 0.1) is 0 Å². The van der Waals surface area contributed by atoms with Crippen molar-refractivity contribution in [1.29, 1.82) is 0 Å². The fourth-order valence-electron chi connectivity index (χ4n) is 1.44. The van der Waals surface area contributed by atoms with Gasteiger partial charge in [0.05, 0.1) is 4.47 Å². The molecular formula is C9H8BrClN4O2. The van der Waals surface area contributed by atoms with Crippen LogP contribution in [0.3, 0.4) is 0 Å². The molecule has 2 heterocycles. The Labute approximate surface area is 110 Å². The Morgan fingerprint density at radius 3 is 3.00 bits per heavy atom. The Morgan fingerprint density at radius 1 is 1.53 bits per heavy atom. The van der Waals surface area contributed by atoms with E-state index in [1.54, 1.807) is 0 Å². The van der Waals surface area contributed by atoms with Gasteiger partial charge in [-0.2, -0.15) is 4.98 Å². The summed E-state index contributed by atoms with van der Waals surface area (Å²) in [5.41, 5.74) is 0. The Kier molecular flexibility index (Phi) is 3.58. The van der Waals surface area contributed by atoms with Crippen LogP contribution < -0.4 is 10.6 Å². The van der Waals surface area contributed by atoms with Gasteiger partial charge < -0.3 is 5.32 Å². The summed E-state index contributed by atoms with van der Waals surface area (Å²) >= 11 is 8.90. The Balaban J connectivity index is 2.13. The molecule has 2 rings (SSSR count). The van der Waals surface area contributed by atoms with E-state index in [1.807, 2.05) is 0 Å². The predicted octanol–water partition coefficient (Wildman–Crippen LogP) is 1.11. The van der Waals surface area contributed by atoms with Gasteiger partial charge >= 0.3 is 0 Å². The van der Waals surface area contributed by atoms with Crippen LogP contribution >= 0.6 is 27.5 Å². The molecule has 1 saturated heterocycles. The Bertz CT molecular complexity index is 482. The van der Waals surface area contributed by atoms with E-state index < -0.39 is 6.04 Å². The molecule has 0 spiro atoms. The van der Waals surface area contributed by atoms with Crippen LogP contribution in [-0.4, -0.2) is 27.8 Å². The standard InChI is InChI=1S/C9H8BrClN4O2/c10-4-3-12-9(11)15-7(4)13-5-1-2-6(16)14-8(5)17/h3,5H,1-2H2,(H,12,13,15)(H,14,16,17). The summed E-state index contributed by atoms with van der Waals surface area (Å²) in [7, 11) is 0. The highest BCUT2D eigenvalue weighted by Crippen LogP contribution is 2.22. The van der Waals surface area contributed by atoms with Crippen molar-refractivity contribution < 1.29 is 9.59 Å². The fraction of sp³-hybridized carbons (Fsp3) is 0.333. The van der Waals surface area contributed by atoms with Crippen molar-refractivity contribution in [2.45, 2.75) is 18.9 Å². The van der Waals surface area contributed by atoms with E-state index in [2.05, 4.69) is 36.5 Å². The maximum Gasteiger partial charge on any atom is 0.249 e. The molecule has 0 aromatic carbocycles. The number of carbonyl (C=O) groups is 2. The number of nitrogens with one attached hydrogen (secondary N) is 2. The van der Waals surface area contributed by atoms with Crippen molar-refractivity contribution in [3.05, 3.63) is 16.0 Å². The summed E-state index contributed by atoms with van der Waals surface area (Å²) in [6.07, 6.45) is 2.22. The Hall–Kier alpha value is -1.21. The summed E-state index contributed by atoms with van der Waals surface area (Å²) in [5.74, 6) is -0.185. The number of aromatic nitrogens is 2. The number of imide groups is 1. The molecule has 1 unspecified atom stereocenters. The van der Waals surface area contributed by atoms with Crippen LogP contribution in [0.1, 0.15) is 12.8 Å². The molecule has 8 heteroatoms. The lowest BCUT2D eigenvalue weighted by atomic mass is 10.1. The van der Waals surface area contributed by atoms with Gasteiger partial charge in [0.2, 0.25) is 17.1 Å². The molecule has 1 aromatic rings. The predicted molar refractivity (Wildman–Crippen MR) is 64.5 cm³/mol. The van der Waals surface area contributed by atoms with E-state index in [1.165, 1.54) is 6.20 Å². The van der Waals surface area contributed by atoms with E-state index in [-0.39, 0.29) is 17.1 Å². The number of carbonyl (C=O) groups excluding carboxylic acids is 2. The summed E-state index contributed by atoms with van der Waals surface area (Å²) < 4.78 is 0.603. The van der Waals surface area contributed by atoms with Gasteiger partial charge in [0.15, 0.2) is 0 Å². The van der Waals surface area contributed by atoms with Crippen molar-refractivity contribution in [3.8, 4) is 0 Å². The number of halogens is 2. The maximum atomic E-state index is 11.5. The van der Waals surface area contributed by atoms with Gasteiger partial charge in [0.25, 0.3) is 0 Å². The number of hydrogen-bond acceptors (Lipinski definition) is 5. The van der Waals surface area contributed by atoms with Crippen LogP contribution in [0.5, 0.6) is 0 Å². The lowest BCUT2D eigenvalue weighted by molar-refractivity contribution is -0.133. The van der Waals surface area contributed by atoms with Crippen LogP contribution in [0.25, 0.3) is 0 Å². The molecular weight excluding hydrogens is 311 g/mol. The van der Waals surface area contributed by atoms with Gasteiger partial charge in [-0.1, -0.05) is 0 Å². The summed E-state index contributed by atoms with van der Waals surface area (Å²) in [6, 6.07) is -0.491. The van der Waals surface area contributed by atoms with Gasteiger partial charge in [-0.15, -0.1) is 0 Å². The molecule has 17 heavy (non-hydrogen) atoms. The Morgan fingerprint density at radius 2 is 2.29 bits per heavy atom. The first kappa shape index (κ1) is 12.3. The molecule has 1 aliphatic heterocycles. The zero-order valence-electron chi connectivity index (χ0n) is 8.54. The molecule has 1 aliphatic rings. The molecule has 1 aromatic heterocycles. The van der Waals surface area contributed by atoms with Crippen LogP contribution in [0.4, 0.5) is 5.82 Å². The number of hydrogen-bond donors (Lipinski definition) is 2. The number of piperidine rings is 1. The topological polar surface area (TPSA) is 84.0 Å². The molecule has 6 nitrogen and oxygen atoms in total. The highest BCUT2D eigenvalue weighted by atomic mass is 79.9. The highest BCUT2D eigenvalue weighted by Gasteiger charge is 2.27. The van der Waals surface area contributed by atoms with Gasteiger partial charge in [-0.3, -0.25) is 14.9 Å². The van der Waals surface area contributed by atoms with Crippen LogP contribution in [-0.2, 0) is 9.59 Å². The van der Waals surface area contributed by atoms with Crippen LogP contribution in [0.2, 0.25) is 5.28 Å². The quantitative estimate of drug-likeness (QED) is 0.630. The number of anilines is 1. The third-order valence-corrected chi connectivity index (χ3v) is 3.03. The third-order valence-electron chi connectivity index (χ3n) is 2.26. The molecule has 90 valence electrons. The number of nitrogens with zero attached hydrogens (tertiary/aromatic N) is 2. The molecule has 1 fully saturated rings. The molecule has 2 amide bonds. The van der Waals surface area contributed by atoms with Gasteiger partial charge in [-0.25, -0.2) is 4.98 Å². The second-order valence-electron chi connectivity index (χ2n) is 3.48. The lowest BCUT2D eigenvalue weighted by Gasteiger charge is -2.22. The smallest absolute Gasteiger partial charge is 0.249 e. The summed E-state index contributed by atoms with van der Waals surface area (Å²) in [4.78, 5) is 30.2. The summed E-state index contributed by atoms with van der Waals surface area (Å²) in [5, 5.41) is 5.25. The van der Waals surface area contributed by atoms with E-state index >= 15 is 0 Å². The van der Waals surface area contributed by atoms with Crippen LogP contribution in [0.15, 0.2) is 10.7 Å². The largest absolute Gasteiger partial charge is 0.357 e. The molecule has 0 bridgehead atoms. The normalized spacial score (nSPS) is 20.0. The fourth-order valence-corrected chi connectivity index (χ4v) is 1.88. The SMILES string of the molecule is O=C1CCC(Nc2nc(Cl)ncc2Br)C(=O)N1. The molecule has 2 N–H and O–H groups in total. The van der Waals surface area contributed by atoms with Crippen molar-refractivity contribution in [3.63, 3.8) is 0 Å². The second kappa shape index (κ2) is 4.97. The molecule has 0 saturated carbocycles. The first-order valence-corrected chi connectivity index (χ1v) is 6.01. The molecule has 1 atom stereocenters. The first-order valence-electron chi connectivity index (χ1n) is 4.84. The second-order valence-corrected chi connectivity index (χ2v) is 4.68. The van der Waals surface area contributed by atoms with E-state index in [4.69, 9.17) is 11.6 Å². The van der Waals surface area contributed by atoms with Crippen molar-refractivity contribution in [2.24, 2.45) is 0 Å². The highest BCUT2D eigenvalue weighted by molar-refractivity contribution is 9.10. The van der Waals surface area contributed by atoms with E-state index in [9.17, 15) is 9.59 Å².